The minimum Gasteiger partial charge on any atom is -0.493 e. The van der Waals surface area contributed by atoms with Gasteiger partial charge in [-0.15, -0.1) is 0 Å². The van der Waals surface area contributed by atoms with Crippen molar-refractivity contribution in [3.05, 3.63) is 69.4 Å². The number of hydrogen-bond acceptors (Lipinski definition) is 10. The van der Waals surface area contributed by atoms with E-state index in [9.17, 15) is 14.4 Å². The zero-order valence-electron chi connectivity index (χ0n) is 29.6. The quantitative estimate of drug-likeness (QED) is 0.318. The molecule has 266 valence electrons. The second kappa shape index (κ2) is 14.9. The molecule has 2 atom stereocenters. The minimum atomic E-state index is -0.623. The van der Waals surface area contributed by atoms with Crippen LogP contribution in [0.15, 0.2) is 47.3 Å². The number of piperazine rings is 1. The molecule has 12 nitrogen and oxygen atoms in total. The first kappa shape index (κ1) is 34.9. The SMILES string of the molecule is COc1cc2c(c(OC)c1OC)-c1ccc(N[C@@H](C(=O)N3CCN(Cc4ccc5c(c4)OCO5)CC3)C(C)C)c(=O)cc1[C@H](NC(C)=O)CC2. The van der Waals surface area contributed by atoms with Gasteiger partial charge < -0.3 is 39.2 Å². The lowest BCUT2D eigenvalue weighted by molar-refractivity contribution is -0.134. The van der Waals surface area contributed by atoms with Crippen LogP contribution in [0, 0.1) is 5.92 Å². The number of nitrogens with zero attached hydrogens (tertiary/aromatic N) is 2. The van der Waals surface area contributed by atoms with Gasteiger partial charge in [0.2, 0.25) is 29.8 Å². The summed E-state index contributed by atoms with van der Waals surface area (Å²) in [5.41, 5.74) is 4.25. The normalized spacial score (nSPS) is 17.3. The maximum atomic E-state index is 14.0. The molecule has 1 aliphatic carbocycles. The van der Waals surface area contributed by atoms with Gasteiger partial charge in [-0.25, -0.2) is 0 Å². The summed E-state index contributed by atoms with van der Waals surface area (Å²) in [4.78, 5) is 44.5. The zero-order valence-corrected chi connectivity index (χ0v) is 29.6. The van der Waals surface area contributed by atoms with Crippen molar-refractivity contribution in [2.75, 3.05) is 59.6 Å². The molecule has 2 aliphatic heterocycles. The van der Waals surface area contributed by atoms with Crippen LogP contribution in [0.2, 0.25) is 0 Å². The molecule has 3 aromatic rings. The van der Waals surface area contributed by atoms with Gasteiger partial charge in [-0.3, -0.25) is 19.3 Å². The summed E-state index contributed by atoms with van der Waals surface area (Å²) in [5, 5.41) is 6.36. The van der Waals surface area contributed by atoms with Crippen molar-refractivity contribution in [3.63, 3.8) is 0 Å². The van der Waals surface area contributed by atoms with E-state index in [4.69, 9.17) is 23.7 Å². The molecule has 2 heterocycles. The molecule has 2 amide bonds. The highest BCUT2D eigenvalue weighted by atomic mass is 16.7. The van der Waals surface area contributed by atoms with Crippen LogP contribution in [-0.2, 0) is 22.6 Å². The highest BCUT2D eigenvalue weighted by Gasteiger charge is 2.32. The molecule has 0 aromatic heterocycles. The Morgan fingerprint density at radius 2 is 1.66 bits per heavy atom. The molecule has 0 saturated carbocycles. The highest BCUT2D eigenvalue weighted by molar-refractivity contribution is 5.86. The number of nitrogens with one attached hydrogen (secondary N) is 2. The molecule has 3 aromatic carbocycles. The topological polar surface area (TPSA) is 128 Å². The number of rotatable bonds is 10. The van der Waals surface area contributed by atoms with Crippen molar-refractivity contribution in [2.45, 2.75) is 52.2 Å². The van der Waals surface area contributed by atoms with Crippen LogP contribution in [-0.4, -0.2) is 82.0 Å². The van der Waals surface area contributed by atoms with Gasteiger partial charge in [-0.1, -0.05) is 26.0 Å². The Morgan fingerprint density at radius 3 is 2.34 bits per heavy atom. The van der Waals surface area contributed by atoms with Gasteiger partial charge >= 0.3 is 0 Å². The number of ether oxygens (including phenoxy) is 5. The Kier molecular flexibility index (Phi) is 10.4. The van der Waals surface area contributed by atoms with E-state index in [1.165, 1.54) is 6.92 Å². The molecule has 6 rings (SSSR count). The average Bonchev–Trinajstić information content (AvgIpc) is 3.45. The Morgan fingerprint density at radius 1 is 0.920 bits per heavy atom. The van der Waals surface area contributed by atoms with Gasteiger partial charge in [0.1, 0.15) is 6.04 Å². The number of aryl methyl sites for hydroxylation is 1. The maximum Gasteiger partial charge on any atom is 0.245 e. The Hall–Kier alpha value is -4.97. The number of benzene rings is 2. The first-order valence-corrected chi connectivity index (χ1v) is 17.1. The minimum absolute atomic E-state index is 0.0461. The highest BCUT2D eigenvalue weighted by Crippen LogP contribution is 2.50. The molecule has 0 spiro atoms. The molecule has 50 heavy (non-hydrogen) atoms. The van der Waals surface area contributed by atoms with Crippen LogP contribution in [0.25, 0.3) is 11.1 Å². The summed E-state index contributed by atoms with van der Waals surface area (Å²) < 4.78 is 28.2. The van der Waals surface area contributed by atoms with Crippen molar-refractivity contribution >= 4 is 17.5 Å². The second-order valence-corrected chi connectivity index (χ2v) is 13.3. The van der Waals surface area contributed by atoms with Crippen molar-refractivity contribution in [2.24, 2.45) is 5.92 Å². The second-order valence-electron chi connectivity index (χ2n) is 13.3. The van der Waals surface area contributed by atoms with Crippen LogP contribution in [0.1, 0.15) is 49.9 Å². The number of fused-ring (bicyclic) bond motifs is 4. The summed E-state index contributed by atoms with van der Waals surface area (Å²) in [5.74, 6) is 2.63. The standard InChI is InChI=1S/C38H46N4O8/c1-22(2)35(38(45)42-15-13-41(14-16-42)20-24-7-12-31-32(17-24)50-21-49-31)40-29-11-9-26-27(19-30(29)44)28(39-23(3)43)10-8-25-18-33(46-4)36(47-5)37(48-6)34(25)26/h7,9,11-12,17-19,22,28,35H,8,10,13-16,20-21H2,1-6H3,(H,39,43)(H,40,44)/t28-,35-/m1/s1. The number of methoxy groups -OCH3 is 3. The molecule has 12 heteroatoms. The first-order chi connectivity index (χ1) is 24.1. The van der Waals surface area contributed by atoms with E-state index in [0.717, 1.165) is 53.4 Å². The van der Waals surface area contributed by atoms with Crippen molar-refractivity contribution in [3.8, 4) is 39.9 Å². The molecule has 1 fully saturated rings. The monoisotopic (exact) mass is 686 g/mol. The number of carbonyl (C=O) groups excluding carboxylic acids is 2. The lowest BCUT2D eigenvalue weighted by atomic mass is 9.95. The lowest BCUT2D eigenvalue weighted by Crippen LogP contribution is -2.53. The molecular formula is C38H46N4O8. The van der Waals surface area contributed by atoms with E-state index in [2.05, 4.69) is 15.5 Å². The Balaban J connectivity index is 1.27. The first-order valence-electron chi connectivity index (χ1n) is 17.1. The molecule has 0 unspecified atom stereocenters. The molecule has 2 N–H and O–H groups in total. The summed E-state index contributed by atoms with van der Waals surface area (Å²) >= 11 is 0. The van der Waals surface area contributed by atoms with Gasteiger partial charge in [-0.2, -0.15) is 0 Å². The third-order valence-corrected chi connectivity index (χ3v) is 9.69. The van der Waals surface area contributed by atoms with E-state index in [1.54, 1.807) is 33.5 Å². The third kappa shape index (κ3) is 7.02. The fourth-order valence-corrected chi connectivity index (χ4v) is 7.13. The fraction of sp³-hybridized carbons (Fsp3) is 0.447. The fourth-order valence-electron chi connectivity index (χ4n) is 7.13. The predicted molar refractivity (Wildman–Crippen MR) is 189 cm³/mol. The van der Waals surface area contributed by atoms with Crippen LogP contribution >= 0.6 is 0 Å². The molecule has 0 bridgehead atoms. The van der Waals surface area contributed by atoms with E-state index in [0.29, 0.717) is 54.4 Å². The zero-order chi connectivity index (χ0) is 35.5. The number of anilines is 1. The van der Waals surface area contributed by atoms with Gasteiger partial charge in [0, 0.05) is 45.2 Å². The summed E-state index contributed by atoms with van der Waals surface area (Å²) in [7, 11) is 4.69. The Labute approximate surface area is 292 Å². The molecule has 1 saturated heterocycles. The van der Waals surface area contributed by atoms with Gasteiger partial charge in [0.25, 0.3) is 0 Å². The summed E-state index contributed by atoms with van der Waals surface area (Å²) in [6.45, 7) is 9.02. The van der Waals surface area contributed by atoms with E-state index < -0.39 is 12.1 Å². The molecular weight excluding hydrogens is 640 g/mol. The van der Waals surface area contributed by atoms with Crippen LogP contribution in [0.3, 0.4) is 0 Å². The maximum absolute atomic E-state index is 14.0. The smallest absolute Gasteiger partial charge is 0.245 e. The summed E-state index contributed by atoms with van der Waals surface area (Å²) in [6.07, 6.45) is 1.15. The van der Waals surface area contributed by atoms with Crippen LogP contribution in [0.4, 0.5) is 5.69 Å². The number of hydrogen-bond donors (Lipinski definition) is 2. The van der Waals surface area contributed by atoms with Crippen molar-refractivity contribution < 1.29 is 33.3 Å². The van der Waals surface area contributed by atoms with Crippen LogP contribution in [0.5, 0.6) is 28.7 Å². The molecule has 3 aliphatic rings. The van der Waals surface area contributed by atoms with Crippen LogP contribution < -0.4 is 39.7 Å². The molecule has 0 radical (unpaired) electrons. The van der Waals surface area contributed by atoms with Gasteiger partial charge in [0.15, 0.2) is 23.0 Å². The van der Waals surface area contributed by atoms with Crippen molar-refractivity contribution in [1.29, 1.82) is 0 Å². The van der Waals surface area contributed by atoms with Gasteiger partial charge in [0.05, 0.1) is 33.1 Å². The van der Waals surface area contributed by atoms with E-state index in [-0.39, 0.29) is 30.0 Å². The summed E-state index contributed by atoms with van der Waals surface area (Å²) in [6, 6.07) is 12.0. The average molecular weight is 687 g/mol. The predicted octanol–water partition coefficient (Wildman–Crippen LogP) is 4.37. The number of carbonyl (C=O) groups is 2. The number of amides is 2. The van der Waals surface area contributed by atoms with E-state index >= 15 is 0 Å². The van der Waals surface area contributed by atoms with Crippen molar-refractivity contribution in [1.82, 2.24) is 15.1 Å². The third-order valence-electron chi connectivity index (χ3n) is 9.69. The Bertz CT molecular complexity index is 1820. The van der Waals surface area contributed by atoms with E-state index in [1.807, 2.05) is 49.1 Å². The van der Waals surface area contributed by atoms with Gasteiger partial charge in [-0.05, 0) is 71.3 Å². The largest absolute Gasteiger partial charge is 0.493 e. The lowest BCUT2D eigenvalue weighted by Gasteiger charge is -2.37.